The smallest absolute Gasteiger partial charge is 0.194 e. The van der Waals surface area contributed by atoms with E-state index in [1.807, 2.05) is 13.1 Å². The minimum absolute atomic E-state index is 0.581. The summed E-state index contributed by atoms with van der Waals surface area (Å²) in [7, 11) is 3.85. The number of nitrogens with one attached hydrogen (secondary N) is 1. The highest BCUT2D eigenvalue weighted by molar-refractivity contribution is 5.79. The zero-order chi connectivity index (χ0) is 19.1. The third kappa shape index (κ3) is 5.25. The van der Waals surface area contributed by atoms with Crippen molar-refractivity contribution in [1.82, 2.24) is 15.4 Å². The molecule has 1 aliphatic rings. The van der Waals surface area contributed by atoms with Crippen LogP contribution in [0.25, 0.3) is 0 Å². The highest BCUT2D eigenvalue weighted by Crippen LogP contribution is 2.20. The third-order valence-corrected chi connectivity index (χ3v) is 5.04. The van der Waals surface area contributed by atoms with E-state index in [4.69, 9.17) is 4.52 Å². The Hall–Kier alpha value is -2.50. The van der Waals surface area contributed by atoms with Crippen molar-refractivity contribution >= 4 is 11.6 Å². The molecule has 1 aromatic carbocycles. The number of hydrogen-bond acceptors (Lipinski definition) is 4. The Kier molecular flexibility index (Phi) is 6.74. The van der Waals surface area contributed by atoms with Crippen molar-refractivity contribution < 1.29 is 4.52 Å². The summed E-state index contributed by atoms with van der Waals surface area (Å²) < 4.78 is 5.33. The summed E-state index contributed by atoms with van der Waals surface area (Å²) >= 11 is 0. The van der Waals surface area contributed by atoms with Crippen LogP contribution in [0.1, 0.15) is 43.2 Å². The molecule has 2 aromatic rings. The molecule has 0 saturated carbocycles. The van der Waals surface area contributed by atoms with Crippen LogP contribution in [0, 0.1) is 0 Å². The van der Waals surface area contributed by atoms with Crippen LogP contribution in [0.2, 0.25) is 0 Å². The lowest BCUT2D eigenvalue weighted by Crippen LogP contribution is -2.38. The van der Waals surface area contributed by atoms with Gasteiger partial charge in [-0.15, -0.1) is 0 Å². The van der Waals surface area contributed by atoms with Gasteiger partial charge >= 0.3 is 0 Å². The van der Waals surface area contributed by atoms with Gasteiger partial charge in [0, 0.05) is 45.5 Å². The van der Waals surface area contributed by atoms with Crippen molar-refractivity contribution in [1.29, 1.82) is 0 Å². The third-order valence-electron chi connectivity index (χ3n) is 5.04. The molecule has 2 heterocycles. The van der Waals surface area contributed by atoms with Crippen LogP contribution < -0.4 is 10.2 Å². The molecule has 0 bridgehead atoms. The van der Waals surface area contributed by atoms with E-state index in [2.05, 4.69) is 56.5 Å². The van der Waals surface area contributed by atoms with Crippen molar-refractivity contribution in [3.05, 3.63) is 47.3 Å². The Labute approximate surface area is 162 Å². The molecular formula is C21H31N5O. The molecule has 0 radical (unpaired) electrons. The number of piperidine rings is 1. The summed E-state index contributed by atoms with van der Waals surface area (Å²) in [6.45, 7) is 5.81. The van der Waals surface area contributed by atoms with Gasteiger partial charge in [-0.05, 0) is 43.4 Å². The minimum Gasteiger partial charge on any atom is -0.372 e. The first-order valence-corrected chi connectivity index (χ1v) is 9.89. The molecule has 146 valence electrons. The van der Waals surface area contributed by atoms with Crippen molar-refractivity contribution in [3.63, 3.8) is 0 Å². The standard InChI is InChI=1S/C21H31N5O/c1-4-18-14-20(27-24-18)15-23-21(22-2)25(3)16-17-8-10-19(11-9-17)26-12-6-5-7-13-26/h8-11,14H,4-7,12-13,15-16H2,1-3H3,(H,22,23). The first-order valence-electron chi connectivity index (χ1n) is 9.89. The number of aryl methyl sites for hydroxylation is 1. The zero-order valence-electron chi connectivity index (χ0n) is 16.7. The maximum absolute atomic E-state index is 5.33. The molecule has 1 aromatic heterocycles. The maximum Gasteiger partial charge on any atom is 0.194 e. The van der Waals surface area contributed by atoms with Gasteiger partial charge < -0.3 is 19.6 Å². The number of benzene rings is 1. The fourth-order valence-electron chi connectivity index (χ4n) is 3.47. The number of nitrogens with zero attached hydrogens (tertiary/aromatic N) is 4. The lowest BCUT2D eigenvalue weighted by atomic mass is 10.1. The van der Waals surface area contributed by atoms with Gasteiger partial charge in [0.25, 0.3) is 0 Å². The van der Waals surface area contributed by atoms with Crippen LogP contribution in [0.15, 0.2) is 39.8 Å². The number of aromatic nitrogens is 1. The Morgan fingerprint density at radius 3 is 2.59 bits per heavy atom. The quantitative estimate of drug-likeness (QED) is 0.624. The van der Waals surface area contributed by atoms with Crippen LogP contribution in [-0.4, -0.2) is 43.2 Å². The Morgan fingerprint density at radius 2 is 1.96 bits per heavy atom. The topological polar surface area (TPSA) is 56.9 Å². The van der Waals surface area contributed by atoms with Crippen molar-refractivity contribution in [2.24, 2.45) is 4.99 Å². The lowest BCUT2D eigenvalue weighted by molar-refractivity contribution is 0.371. The normalized spacial score (nSPS) is 15.1. The first kappa shape index (κ1) is 19.3. The molecule has 1 saturated heterocycles. The summed E-state index contributed by atoms with van der Waals surface area (Å²) in [5.41, 5.74) is 3.58. The van der Waals surface area contributed by atoms with E-state index < -0.39 is 0 Å². The number of guanidine groups is 1. The largest absolute Gasteiger partial charge is 0.372 e. The van der Waals surface area contributed by atoms with Gasteiger partial charge in [-0.3, -0.25) is 4.99 Å². The second kappa shape index (κ2) is 9.44. The number of rotatable bonds is 6. The van der Waals surface area contributed by atoms with E-state index in [0.717, 1.165) is 30.4 Å². The van der Waals surface area contributed by atoms with E-state index in [-0.39, 0.29) is 0 Å². The van der Waals surface area contributed by atoms with Crippen molar-refractivity contribution in [2.75, 3.05) is 32.1 Å². The second-order valence-electron chi connectivity index (χ2n) is 7.11. The fourth-order valence-corrected chi connectivity index (χ4v) is 3.47. The van der Waals surface area contributed by atoms with Crippen LogP contribution in [0.4, 0.5) is 5.69 Å². The molecule has 1 fully saturated rings. The molecule has 0 atom stereocenters. The number of aliphatic imine (C=N–C) groups is 1. The molecule has 0 amide bonds. The van der Waals surface area contributed by atoms with Crippen molar-refractivity contribution in [3.8, 4) is 0 Å². The summed E-state index contributed by atoms with van der Waals surface area (Å²) in [6.07, 6.45) is 4.85. The molecule has 6 nitrogen and oxygen atoms in total. The molecule has 27 heavy (non-hydrogen) atoms. The zero-order valence-corrected chi connectivity index (χ0v) is 16.7. The average Bonchev–Trinajstić information content (AvgIpc) is 3.18. The van der Waals surface area contributed by atoms with E-state index in [0.29, 0.717) is 6.54 Å². The highest BCUT2D eigenvalue weighted by Gasteiger charge is 2.12. The van der Waals surface area contributed by atoms with Gasteiger partial charge in [0.2, 0.25) is 0 Å². The molecule has 1 N–H and O–H groups in total. The maximum atomic E-state index is 5.33. The monoisotopic (exact) mass is 369 g/mol. The molecule has 0 unspecified atom stereocenters. The molecular weight excluding hydrogens is 338 g/mol. The summed E-state index contributed by atoms with van der Waals surface area (Å²) in [5.74, 6) is 1.66. The lowest BCUT2D eigenvalue weighted by Gasteiger charge is -2.29. The van der Waals surface area contributed by atoms with E-state index in [1.54, 1.807) is 7.05 Å². The van der Waals surface area contributed by atoms with Crippen LogP contribution in [0.5, 0.6) is 0 Å². The van der Waals surface area contributed by atoms with Gasteiger partial charge in [0.15, 0.2) is 11.7 Å². The van der Waals surface area contributed by atoms with Crippen LogP contribution >= 0.6 is 0 Å². The Morgan fingerprint density at radius 1 is 1.22 bits per heavy atom. The first-order chi connectivity index (χ1) is 13.2. The SMILES string of the molecule is CCc1cc(CNC(=NC)N(C)Cc2ccc(N3CCCCC3)cc2)on1. The number of hydrogen-bond donors (Lipinski definition) is 1. The van der Waals surface area contributed by atoms with Crippen LogP contribution in [-0.2, 0) is 19.5 Å². The van der Waals surface area contributed by atoms with Gasteiger partial charge in [-0.25, -0.2) is 0 Å². The van der Waals surface area contributed by atoms with Gasteiger partial charge in [0.05, 0.1) is 12.2 Å². The van der Waals surface area contributed by atoms with Crippen LogP contribution in [0.3, 0.4) is 0 Å². The summed E-state index contributed by atoms with van der Waals surface area (Å²) in [5, 5.41) is 7.37. The molecule has 0 spiro atoms. The summed E-state index contributed by atoms with van der Waals surface area (Å²) in [6, 6.07) is 10.9. The van der Waals surface area contributed by atoms with Crippen molar-refractivity contribution in [2.45, 2.75) is 45.7 Å². The summed E-state index contributed by atoms with van der Waals surface area (Å²) in [4.78, 5) is 8.98. The molecule has 0 aliphatic carbocycles. The molecule has 3 rings (SSSR count). The number of anilines is 1. The average molecular weight is 370 g/mol. The molecule has 6 heteroatoms. The fraction of sp³-hybridized carbons (Fsp3) is 0.524. The molecule has 1 aliphatic heterocycles. The van der Waals surface area contributed by atoms with Gasteiger partial charge in [0.1, 0.15) is 0 Å². The van der Waals surface area contributed by atoms with Gasteiger partial charge in [-0.1, -0.05) is 24.2 Å². The Bertz CT molecular complexity index is 731. The minimum atomic E-state index is 0.581. The highest BCUT2D eigenvalue weighted by atomic mass is 16.5. The Balaban J connectivity index is 1.53. The predicted molar refractivity (Wildman–Crippen MR) is 110 cm³/mol. The van der Waals surface area contributed by atoms with E-state index in [9.17, 15) is 0 Å². The van der Waals surface area contributed by atoms with E-state index >= 15 is 0 Å². The van der Waals surface area contributed by atoms with E-state index in [1.165, 1.54) is 43.6 Å². The second-order valence-corrected chi connectivity index (χ2v) is 7.11. The predicted octanol–water partition coefficient (Wildman–Crippen LogP) is 3.43. The van der Waals surface area contributed by atoms with Gasteiger partial charge in [-0.2, -0.15) is 0 Å².